The zero-order valence-electron chi connectivity index (χ0n) is 16.7. The van der Waals surface area contributed by atoms with Gasteiger partial charge < -0.3 is 9.47 Å². The van der Waals surface area contributed by atoms with Gasteiger partial charge in [-0.25, -0.2) is 4.79 Å². The fourth-order valence-corrected chi connectivity index (χ4v) is 2.71. The zero-order chi connectivity index (χ0) is 19.6. The highest BCUT2D eigenvalue weighted by Gasteiger charge is 2.04. The van der Waals surface area contributed by atoms with Gasteiger partial charge >= 0.3 is 11.9 Å². The van der Waals surface area contributed by atoms with Gasteiger partial charge in [0.2, 0.25) is 0 Å². The summed E-state index contributed by atoms with van der Waals surface area (Å²) >= 11 is 0. The Morgan fingerprint density at radius 2 is 1.33 bits per heavy atom. The van der Waals surface area contributed by atoms with Crippen molar-refractivity contribution >= 4 is 11.9 Å². The number of ether oxygens (including phenoxy) is 2. The SMILES string of the molecule is CCCCCCCCCCCC(=O)OC/C=C/COC(=O)c1ccccc1. The van der Waals surface area contributed by atoms with Crippen molar-refractivity contribution in [3.05, 3.63) is 48.0 Å². The molecule has 0 aliphatic heterocycles. The van der Waals surface area contributed by atoms with Gasteiger partial charge in [-0.05, 0) is 30.7 Å². The van der Waals surface area contributed by atoms with Gasteiger partial charge in [-0.1, -0.05) is 76.5 Å². The van der Waals surface area contributed by atoms with Crippen LogP contribution in [0.4, 0.5) is 0 Å². The Labute approximate surface area is 163 Å². The number of carbonyl (C=O) groups excluding carboxylic acids is 2. The first-order valence-electron chi connectivity index (χ1n) is 10.3. The minimum absolute atomic E-state index is 0.163. The van der Waals surface area contributed by atoms with E-state index in [4.69, 9.17) is 9.47 Å². The highest BCUT2D eigenvalue weighted by Crippen LogP contribution is 2.10. The van der Waals surface area contributed by atoms with E-state index in [0.717, 1.165) is 12.8 Å². The molecule has 0 aromatic heterocycles. The Kier molecular flexibility index (Phi) is 13.7. The van der Waals surface area contributed by atoms with Crippen LogP contribution in [0.3, 0.4) is 0 Å². The molecule has 4 nitrogen and oxygen atoms in total. The highest BCUT2D eigenvalue weighted by atomic mass is 16.5. The average molecular weight is 375 g/mol. The predicted molar refractivity (Wildman–Crippen MR) is 109 cm³/mol. The van der Waals surface area contributed by atoms with E-state index < -0.39 is 0 Å². The van der Waals surface area contributed by atoms with Crippen LogP contribution in [0.2, 0.25) is 0 Å². The molecule has 27 heavy (non-hydrogen) atoms. The zero-order valence-corrected chi connectivity index (χ0v) is 16.7. The van der Waals surface area contributed by atoms with Gasteiger partial charge in [-0.3, -0.25) is 4.79 Å². The molecule has 0 saturated heterocycles. The number of rotatable bonds is 15. The number of hydrogen-bond donors (Lipinski definition) is 0. The van der Waals surface area contributed by atoms with Crippen molar-refractivity contribution in [2.24, 2.45) is 0 Å². The monoisotopic (exact) mass is 374 g/mol. The molecule has 0 amide bonds. The third-order valence-electron chi connectivity index (χ3n) is 4.31. The van der Waals surface area contributed by atoms with Crippen LogP contribution in [0.5, 0.6) is 0 Å². The fourth-order valence-electron chi connectivity index (χ4n) is 2.71. The van der Waals surface area contributed by atoms with Gasteiger partial charge in [0.25, 0.3) is 0 Å². The minimum atomic E-state index is -0.359. The van der Waals surface area contributed by atoms with Crippen molar-refractivity contribution in [3.8, 4) is 0 Å². The largest absolute Gasteiger partial charge is 0.461 e. The molecule has 4 heteroatoms. The molecule has 0 N–H and O–H groups in total. The summed E-state index contributed by atoms with van der Waals surface area (Å²) in [5.41, 5.74) is 0.526. The molecule has 1 aromatic rings. The topological polar surface area (TPSA) is 52.6 Å². The molecule has 150 valence electrons. The normalized spacial score (nSPS) is 10.9. The lowest BCUT2D eigenvalue weighted by Gasteiger charge is -2.03. The summed E-state index contributed by atoms with van der Waals surface area (Å²) in [6.45, 7) is 2.62. The van der Waals surface area contributed by atoms with E-state index in [0.29, 0.717) is 12.0 Å². The predicted octanol–water partition coefficient (Wildman–Crippen LogP) is 5.86. The van der Waals surface area contributed by atoms with Gasteiger partial charge in [0.1, 0.15) is 13.2 Å². The van der Waals surface area contributed by atoms with Gasteiger partial charge in [-0.2, -0.15) is 0 Å². The lowest BCUT2D eigenvalue weighted by molar-refractivity contribution is -0.142. The van der Waals surface area contributed by atoms with E-state index in [1.54, 1.807) is 36.4 Å². The number of benzene rings is 1. The summed E-state index contributed by atoms with van der Waals surface area (Å²) in [5, 5.41) is 0. The molecule has 0 saturated carbocycles. The van der Waals surface area contributed by atoms with Gasteiger partial charge in [0.05, 0.1) is 5.56 Å². The molecule has 0 heterocycles. The van der Waals surface area contributed by atoms with Gasteiger partial charge in [-0.15, -0.1) is 0 Å². The van der Waals surface area contributed by atoms with E-state index in [9.17, 15) is 9.59 Å². The van der Waals surface area contributed by atoms with Crippen molar-refractivity contribution in [2.75, 3.05) is 13.2 Å². The van der Waals surface area contributed by atoms with Crippen molar-refractivity contribution in [1.82, 2.24) is 0 Å². The van der Waals surface area contributed by atoms with E-state index in [1.165, 1.54) is 44.9 Å². The minimum Gasteiger partial charge on any atom is -0.461 e. The van der Waals surface area contributed by atoms with Gasteiger partial charge in [0, 0.05) is 6.42 Å². The summed E-state index contributed by atoms with van der Waals surface area (Å²) in [5.74, 6) is -0.522. The third kappa shape index (κ3) is 12.8. The molecule has 0 spiro atoms. The molecule has 0 unspecified atom stereocenters. The van der Waals surface area contributed by atoms with Crippen LogP contribution in [0.15, 0.2) is 42.5 Å². The molecule has 1 rings (SSSR count). The van der Waals surface area contributed by atoms with Crippen molar-refractivity contribution in [1.29, 1.82) is 0 Å². The smallest absolute Gasteiger partial charge is 0.338 e. The van der Waals surface area contributed by atoms with E-state index in [1.807, 2.05) is 6.07 Å². The second-order valence-corrected chi connectivity index (χ2v) is 6.70. The summed E-state index contributed by atoms with van der Waals surface area (Å²) in [4.78, 5) is 23.3. The molecule has 0 fully saturated rings. The summed E-state index contributed by atoms with van der Waals surface area (Å²) in [6, 6.07) is 8.85. The molecule has 1 aromatic carbocycles. The Morgan fingerprint density at radius 1 is 0.778 bits per heavy atom. The quantitative estimate of drug-likeness (QED) is 0.219. The van der Waals surface area contributed by atoms with Crippen LogP contribution in [0.25, 0.3) is 0 Å². The third-order valence-corrected chi connectivity index (χ3v) is 4.31. The van der Waals surface area contributed by atoms with Crippen LogP contribution in [-0.4, -0.2) is 25.2 Å². The molecule has 0 aliphatic rings. The van der Waals surface area contributed by atoms with Crippen molar-refractivity contribution in [3.63, 3.8) is 0 Å². The van der Waals surface area contributed by atoms with Crippen molar-refractivity contribution in [2.45, 2.75) is 71.1 Å². The Hall–Kier alpha value is -2.10. The maximum absolute atomic E-state index is 11.7. The van der Waals surface area contributed by atoms with Crippen LogP contribution >= 0.6 is 0 Å². The maximum Gasteiger partial charge on any atom is 0.338 e. The Balaban J connectivity index is 1.93. The van der Waals surface area contributed by atoms with E-state index in [2.05, 4.69) is 6.92 Å². The maximum atomic E-state index is 11.7. The first-order chi connectivity index (χ1) is 13.2. The van der Waals surface area contributed by atoms with Crippen LogP contribution in [0.1, 0.15) is 81.5 Å². The Morgan fingerprint density at radius 3 is 1.96 bits per heavy atom. The van der Waals surface area contributed by atoms with E-state index in [-0.39, 0.29) is 25.2 Å². The molecular formula is C23H34O4. The van der Waals surface area contributed by atoms with Gasteiger partial charge in [0.15, 0.2) is 0 Å². The fraction of sp³-hybridized carbons (Fsp3) is 0.565. The van der Waals surface area contributed by atoms with Crippen LogP contribution < -0.4 is 0 Å². The highest BCUT2D eigenvalue weighted by molar-refractivity contribution is 5.89. The first kappa shape index (κ1) is 22.9. The Bertz CT molecular complexity index is 537. The molecule has 0 aliphatic carbocycles. The lowest BCUT2D eigenvalue weighted by atomic mass is 10.1. The first-order valence-corrected chi connectivity index (χ1v) is 10.3. The second kappa shape index (κ2) is 16.1. The summed E-state index contributed by atoms with van der Waals surface area (Å²) < 4.78 is 10.2. The van der Waals surface area contributed by atoms with Crippen LogP contribution in [-0.2, 0) is 14.3 Å². The number of unbranched alkanes of at least 4 members (excludes halogenated alkanes) is 8. The molecule has 0 bridgehead atoms. The molecule has 0 radical (unpaired) electrons. The molecule has 0 atom stereocenters. The number of esters is 2. The summed E-state index contributed by atoms with van der Waals surface area (Å²) in [7, 11) is 0. The van der Waals surface area contributed by atoms with E-state index >= 15 is 0 Å². The number of hydrogen-bond acceptors (Lipinski definition) is 4. The van der Waals surface area contributed by atoms with Crippen LogP contribution in [0, 0.1) is 0 Å². The van der Waals surface area contributed by atoms with Crippen molar-refractivity contribution < 1.29 is 19.1 Å². The summed E-state index contributed by atoms with van der Waals surface area (Å²) in [6.07, 6.45) is 14.9. The lowest BCUT2D eigenvalue weighted by Crippen LogP contribution is -2.06. The standard InChI is InChI=1S/C23H34O4/c1-2-3-4-5-6-7-8-9-13-18-22(24)26-19-14-15-20-27-23(25)21-16-11-10-12-17-21/h10-12,14-17H,2-9,13,18-20H2,1H3/b15-14+. The second-order valence-electron chi connectivity index (χ2n) is 6.70. The average Bonchev–Trinajstić information content (AvgIpc) is 2.69. The number of carbonyl (C=O) groups is 2. The molecular weight excluding hydrogens is 340 g/mol.